The molecule has 0 unspecified atom stereocenters. The van der Waals surface area contributed by atoms with E-state index >= 15 is 0 Å². The van der Waals surface area contributed by atoms with Crippen LogP contribution in [0.3, 0.4) is 0 Å². The number of rotatable bonds is 4. The Kier molecular flexibility index (Phi) is 3.94. The van der Waals surface area contributed by atoms with Gasteiger partial charge in [-0.2, -0.15) is 13.8 Å². The van der Waals surface area contributed by atoms with Crippen LogP contribution in [0.5, 0.6) is 0 Å². The number of nitrogens with one attached hydrogen (secondary N) is 2. The highest BCUT2D eigenvalue weighted by atomic mass is 32.1. The molecule has 0 aliphatic heterocycles. The molecule has 0 bridgehead atoms. The summed E-state index contributed by atoms with van der Waals surface area (Å²) in [5.74, 6) is -2.00. The van der Waals surface area contributed by atoms with E-state index < -0.39 is 11.9 Å². The van der Waals surface area contributed by atoms with E-state index in [2.05, 4.69) is 20.6 Å². The van der Waals surface area contributed by atoms with Crippen LogP contribution >= 0.6 is 11.3 Å². The molecule has 4 rings (SSSR count). The average Bonchev–Trinajstić information content (AvgIpc) is 2.81. The lowest BCUT2D eigenvalue weighted by molar-refractivity contribution is -0.0147. The Morgan fingerprint density at radius 3 is 2.52 bits per heavy atom. The van der Waals surface area contributed by atoms with Gasteiger partial charge >= 0.3 is 0 Å². The first-order chi connectivity index (χ1) is 11.9. The van der Waals surface area contributed by atoms with Gasteiger partial charge in [0.15, 0.2) is 5.13 Å². The van der Waals surface area contributed by atoms with Gasteiger partial charge in [0, 0.05) is 28.7 Å². The number of hydrogen-bond donors (Lipinski definition) is 2. The molecule has 2 aliphatic rings. The first-order valence-electron chi connectivity index (χ1n) is 8.34. The number of anilines is 2. The number of nitrogens with zero attached hydrogens (tertiary/aromatic N) is 2. The molecule has 1 amide bonds. The van der Waals surface area contributed by atoms with Crippen molar-refractivity contribution in [2.45, 2.75) is 45.1 Å². The number of thiazole rings is 1. The summed E-state index contributed by atoms with van der Waals surface area (Å²) in [7, 11) is 0. The third-order valence-corrected chi connectivity index (χ3v) is 6.24. The first kappa shape index (κ1) is 16.4. The molecular weight excluding hydrogens is 346 g/mol. The number of carbonyl (C=O) groups is 1. The Balaban J connectivity index is 1.47. The molecule has 2 N–H and O–H groups in total. The van der Waals surface area contributed by atoms with Gasteiger partial charge in [-0.3, -0.25) is 4.79 Å². The fourth-order valence-corrected chi connectivity index (χ4v) is 4.53. The van der Waals surface area contributed by atoms with Crippen molar-refractivity contribution < 1.29 is 13.6 Å². The molecule has 8 heteroatoms. The van der Waals surface area contributed by atoms with E-state index in [9.17, 15) is 13.6 Å². The number of amides is 1. The normalized spacial score (nSPS) is 20.7. The van der Waals surface area contributed by atoms with Gasteiger partial charge in [0.1, 0.15) is 5.69 Å². The molecule has 2 saturated carbocycles. The summed E-state index contributed by atoms with van der Waals surface area (Å²) in [4.78, 5) is 20.7. The van der Waals surface area contributed by atoms with E-state index in [-0.39, 0.29) is 17.6 Å². The summed E-state index contributed by atoms with van der Waals surface area (Å²) >= 11 is 1.27. The third kappa shape index (κ3) is 2.99. The smallest absolute Gasteiger partial charge is 0.271 e. The molecular formula is C17H18F2N4OS. The Bertz CT molecular complexity index is 808. The van der Waals surface area contributed by atoms with Gasteiger partial charge < -0.3 is 10.6 Å². The highest BCUT2D eigenvalue weighted by molar-refractivity contribution is 7.15. The Hall–Kier alpha value is -2.09. The van der Waals surface area contributed by atoms with Gasteiger partial charge in [0.05, 0.1) is 0 Å². The minimum Gasteiger partial charge on any atom is -0.347 e. The van der Waals surface area contributed by atoms with Crippen molar-refractivity contribution in [3.05, 3.63) is 34.6 Å². The van der Waals surface area contributed by atoms with Gasteiger partial charge in [0.25, 0.3) is 5.91 Å². The lowest BCUT2D eigenvalue weighted by atomic mass is 9.53. The quantitative estimate of drug-likeness (QED) is 0.807. The molecule has 132 valence electrons. The Morgan fingerprint density at radius 2 is 1.96 bits per heavy atom. The summed E-state index contributed by atoms with van der Waals surface area (Å²) in [6.45, 7) is 1.81. The molecule has 1 spiro atoms. The lowest BCUT2D eigenvalue weighted by Gasteiger charge is -2.56. The molecule has 5 nitrogen and oxygen atoms in total. The minimum atomic E-state index is -0.912. The molecule has 2 fully saturated rings. The molecule has 0 aromatic carbocycles. The molecule has 2 aliphatic carbocycles. The summed E-state index contributed by atoms with van der Waals surface area (Å²) in [6.07, 6.45) is 5.85. The van der Waals surface area contributed by atoms with Crippen LogP contribution in [0.4, 0.5) is 19.6 Å². The second kappa shape index (κ2) is 6.01. The van der Waals surface area contributed by atoms with E-state index in [1.807, 2.05) is 6.92 Å². The van der Waals surface area contributed by atoms with Crippen molar-refractivity contribution in [1.82, 2.24) is 15.3 Å². The van der Waals surface area contributed by atoms with Crippen LogP contribution in [-0.2, 0) is 0 Å². The fraction of sp³-hybridized carbons (Fsp3) is 0.471. The standard InChI is InChI=1S/C17H18F2N4OS/c1-9-14(15(24)21-11-3-6-17(11)4-2-5-17)23-16(25-9)20-10-7-12(18)22-13(19)8-10/h7-8,11H,2-6H2,1H3,(H,21,24)(H,20,22,23)/t11-/m1/s1. The average molecular weight is 364 g/mol. The van der Waals surface area contributed by atoms with E-state index in [1.165, 1.54) is 37.0 Å². The predicted octanol–water partition coefficient (Wildman–Crippen LogP) is 3.93. The topological polar surface area (TPSA) is 66.9 Å². The lowest BCUT2D eigenvalue weighted by Crippen LogP contribution is -2.58. The van der Waals surface area contributed by atoms with Crippen molar-refractivity contribution in [2.24, 2.45) is 5.41 Å². The van der Waals surface area contributed by atoms with Crippen LogP contribution in [0.15, 0.2) is 12.1 Å². The Morgan fingerprint density at radius 1 is 1.24 bits per heavy atom. The maximum atomic E-state index is 13.2. The molecule has 0 saturated heterocycles. The van der Waals surface area contributed by atoms with Crippen LogP contribution in [0.1, 0.15) is 47.5 Å². The van der Waals surface area contributed by atoms with Crippen molar-refractivity contribution >= 4 is 28.1 Å². The van der Waals surface area contributed by atoms with Gasteiger partial charge in [-0.25, -0.2) is 4.98 Å². The molecule has 2 heterocycles. The summed E-state index contributed by atoms with van der Waals surface area (Å²) in [5.41, 5.74) is 0.897. The van der Waals surface area contributed by atoms with Crippen molar-refractivity contribution in [1.29, 1.82) is 0 Å². The highest BCUT2D eigenvalue weighted by Crippen LogP contribution is 2.55. The first-order valence-corrected chi connectivity index (χ1v) is 9.15. The summed E-state index contributed by atoms with van der Waals surface area (Å²) in [5, 5.41) is 6.35. The zero-order valence-corrected chi connectivity index (χ0v) is 14.6. The highest BCUT2D eigenvalue weighted by Gasteiger charge is 2.51. The molecule has 2 aromatic rings. The van der Waals surface area contributed by atoms with Gasteiger partial charge in [-0.15, -0.1) is 11.3 Å². The number of carbonyl (C=O) groups excluding carboxylic acids is 1. The van der Waals surface area contributed by atoms with Crippen LogP contribution in [-0.4, -0.2) is 21.9 Å². The number of aryl methyl sites for hydroxylation is 1. The number of pyridine rings is 1. The largest absolute Gasteiger partial charge is 0.347 e. The van der Waals surface area contributed by atoms with E-state index in [4.69, 9.17) is 0 Å². The van der Waals surface area contributed by atoms with E-state index in [0.29, 0.717) is 16.2 Å². The van der Waals surface area contributed by atoms with Crippen LogP contribution in [0, 0.1) is 24.2 Å². The second-order valence-electron chi connectivity index (χ2n) is 6.83. The van der Waals surface area contributed by atoms with Crippen LogP contribution in [0.2, 0.25) is 0 Å². The molecule has 2 aromatic heterocycles. The number of halogens is 2. The minimum absolute atomic E-state index is 0.176. The third-order valence-electron chi connectivity index (χ3n) is 5.35. The van der Waals surface area contributed by atoms with Gasteiger partial charge in [-0.05, 0) is 38.0 Å². The molecule has 25 heavy (non-hydrogen) atoms. The van der Waals surface area contributed by atoms with E-state index in [1.54, 1.807) is 0 Å². The maximum absolute atomic E-state index is 13.2. The zero-order valence-electron chi connectivity index (χ0n) is 13.7. The van der Waals surface area contributed by atoms with Crippen molar-refractivity contribution in [2.75, 3.05) is 5.32 Å². The fourth-order valence-electron chi connectivity index (χ4n) is 3.70. The van der Waals surface area contributed by atoms with Crippen LogP contribution < -0.4 is 10.6 Å². The second-order valence-corrected chi connectivity index (χ2v) is 8.03. The summed E-state index contributed by atoms with van der Waals surface area (Å²) < 4.78 is 26.3. The monoisotopic (exact) mass is 364 g/mol. The van der Waals surface area contributed by atoms with Crippen molar-refractivity contribution in [3.8, 4) is 0 Å². The molecule has 1 atom stereocenters. The summed E-state index contributed by atoms with van der Waals surface area (Å²) in [6, 6.07) is 2.40. The predicted molar refractivity (Wildman–Crippen MR) is 91.1 cm³/mol. The van der Waals surface area contributed by atoms with E-state index in [0.717, 1.165) is 23.4 Å². The zero-order chi connectivity index (χ0) is 17.6. The van der Waals surface area contributed by atoms with Crippen molar-refractivity contribution in [3.63, 3.8) is 0 Å². The maximum Gasteiger partial charge on any atom is 0.271 e. The SMILES string of the molecule is Cc1sc(Nc2cc(F)nc(F)c2)nc1C(=O)N[C@@H]1CCC12CCC2. The number of aromatic nitrogens is 2. The van der Waals surface area contributed by atoms with Crippen LogP contribution in [0.25, 0.3) is 0 Å². The molecule has 0 radical (unpaired) electrons. The van der Waals surface area contributed by atoms with Gasteiger partial charge in [0.2, 0.25) is 11.9 Å². The Labute approximate surface area is 147 Å². The van der Waals surface area contributed by atoms with Gasteiger partial charge in [-0.1, -0.05) is 6.42 Å². The number of hydrogen-bond acceptors (Lipinski definition) is 5.